The van der Waals surface area contributed by atoms with Crippen LogP contribution in [0.25, 0.3) is 0 Å². The Morgan fingerprint density at radius 3 is 2.52 bits per heavy atom. The molecule has 1 aliphatic heterocycles. The maximum Gasteiger partial charge on any atom is 0.433 e. The predicted molar refractivity (Wildman–Crippen MR) is 110 cm³/mol. The van der Waals surface area contributed by atoms with Gasteiger partial charge in [0.25, 0.3) is 0 Å². The first-order valence-corrected chi connectivity index (χ1v) is 9.78. The lowest BCUT2D eigenvalue weighted by atomic mass is 9.88. The predicted octanol–water partition coefficient (Wildman–Crippen LogP) is 4.83. The van der Waals surface area contributed by atoms with Crippen LogP contribution in [-0.2, 0) is 11.0 Å². The number of nitrogens with zero attached hydrogens (tertiary/aromatic N) is 1. The number of rotatable bonds is 5. The molecule has 2 N–H and O–H groups in total. The van der Waals surface area contributed by atoms with E-state index in [0.29, 0.717) is 18.0 Å². The van der Waals surface area contributed by atoms with Gasteiger partial charge in [0.1, 0.15) is 17.2 Å². The summed E-state index contributed by atoms with van der Waals surface area (Å²) in [4.78, 5) is 16.3. The molecule has 5 nitrogen and oxygen atoms in total. The molecule has 0 saturated carbocycles. The second-order valence-corrected chi connectivity index (χ2v) is 7.28. The Labute approximate surface area is 177 Å². The van der Waals surface area contributed by atoms with Gasteiger partial charge in [0.2, 0.25) is 5.91 Å². The van der Waals surface area contributed by atoms with E-state index in [9.17, 15) is 18.0 Å². The van der Waals surface area contributed by atoms with Crippen molar-refractivity contribution in [2.75, 3.05) is 18.4 Å². The van der Waals surface area contributed by atoms with Crippen LogP contribution in [0.1, 0.15) is 17.2 Å². The summed E-state index contributed by atoms with van der Waals surface area (Å²) in [6.07, 6.45) is -3.49. The molecule has 31 heavy (non-hydrogen) atoms. The molecule has 2 heterocycles. The Morgan fingerprint density at radius 2 is 1.81 bits per heavy atom. The molecular formula is C23H20F3N3O2. The number of aromatic nitrogens is 1. The van der Waals surface area contributed by atoms with E-state index in [1.807, 2.05) is 30.3 Å². The topological polar surface area (TPSA) is 63.2 Å². The number of pyridine rings is 1. The van der Waals surface area contributed by atoms with Crippen molar-refractivity contribution in [3.05, 3.63) is 84.2 Å². The molecule has 0 aliphatic carbocycles. The van der Waals surface area contributed by atoms with Crippen LogP contribution < -0.4 is 15.4 Å². The van der Waals surface area contributed by atoms with Crippen LogP contribution in [0, 0.1) is 5.92 Å². The first-order valence-electron chi connectivity index (χ1n) is 9.78. The van der Waals surface area contributed by atoms with E-state index >= 15 is 0 Å². The fourth-order valence-corrected chi connectivity index (χ4v) is 3.62. The van der Waals surface area contributed by atoms with Gasteiger partial charge in [-0.25, -0.2) is 4.98 Å². The van der Waals surface area contributed by atoms with E-state index in [4.69, 9.17) is 4.74 Å². The average Bonchev–Trinajstić information content (AvgIpc) is 3.25. The smallest absolute Gasteiger partial charge is 0.433 e. The highest BCUT2D eigenvalue weighted by atomic mass is 19.4. The Bertz CT molecular complexity index is 1040. The van der Waals surface area contributed by atoms with Crippen molar-refractivity contribution in [1.29, 1.82) is 0 Å². The highest BCUT2D eigenvalue weighted by molar-refractivity contribution is 5.93. The van der Waals surface area contributed by atoms with Gasteiger partial charge < -0.3 is 15.4 Å². The number of hydrogen-bond acceptors (Lipinski definition) is 4. The summed E-state index contributed by atoms with van der Waals surface area (Å²) in [6, 6.07) is 18.7. The number of benzene rings is 2. The third-order valence-corrected chi connectivity index (χ3v) is 5.14. The van der Waals surface area contributed by atoms with Gasteiger partial charge in [0.05, 0.1) is 12.1 Å². The SMILES string of the molecule is O=C(Nc1cccc(Oc2ccc(C(F)(F)F)nc2)c1)C1CNCC1c1ccccc1. The third-order valence-electron chi connectivity index (χ3n) is 5.14. The largest absolute Gasteiger partial charge is 0.456 e. The molecule has 4 rings (SSSR count). The molecule has 0 radical (unpaired) electrons. The number of alkyl halides is 3. The van der Waals surface area contributed by atoms with Gasteiger partial charge in [-0.3, -0.25) is 4.79 Å². The summed E-state index contributed by atoms with van der Waals surface area (Å²) in [5.41, 5.74) is 0.666. The lowest BCUT2D eigenvalue weighted by Crippen LogP contribution is -2.28. The lowest BCUT2D eigenvalue weighted by molar-refractivity contribution is -0.141. The van der Waals surface area contributed by atoms with Crippen molar-refractivity contribution in [3.8, 4) is 11.5 Å². The van der Waals surface area contributed by atoms with E-state index in [1.165, 1.54) is 6.07 Å². The van der Waals surface area contributed by atoms with Crippen LogP contribution in [0.5, 0.6) is 11.5 Å². The molecule has 1 aliphatic rings. The summed E-state index contributed by atoms with van der Waals surface area (Å²) in [6.45, 7) is 1.31. The molecule has 1 amide bonds. The normalized spacial score (nSPS) is 18.5. The number of ether oxygens (including phenoxy) is 1. The molecule has 2 atom stereocenters. The lowest BCUT2D eigenvalue weighted by Gasteiger charge is -2.19. The van der Waals surface area contributed by atoms with Crippen LogP contribution in [0.2, 0.25) is 0 Å². The zero-order chi connectivity index (χ0) is 21.8. The summed E-state index contributed by atoms with van der Waals surface area (Å²) < 4.78 is 43.5. The minimum absolute atomic E-state index is 0.0823. The summed E-state index contributed by atoms with van der Waals surface area (Å²) in [7, 11) is 0. The van der Waals surface area contributed by atoms with Crippen molar-refractivity contribution < 1.29 is 22.7 Å². The number of halogens is 3. The second kappa shape index (κ2) is 8.77. The number of anilines is 1. The van der Waals surface area contributed by atoms with Crippen LogP contribution in [0.4, 0.5) is 18.9 Å². The molecule has 1 saturated heterocycles. The number of carbonyl (C=O) groups excluding carboxylic acids is 1. The van der Waals surface area contributed by atoms with Crippen molar-refractivity contribution >= 4 is 11.6 Å². The summed E-state index contributed by atoms with van der Waals surface area (Å²) in [5.74, 6) is 0.307. The maximum atomic E-state index is 12.9. The molecule has 8 heteroatoms. The first-order chi connectivity index (χ1) is 14.9. The molecular weight excluding hydrogens is 407 g/mol. The molecule has 2 unspecified atom stereocenters. The number of nitrogens with one attached hydrogen (secondary N) is 2. The Morgan fingerprint density at radius 1 is 1.00 bits per heavy atom. The van der Waals surface area contributed by atoms with E-state index in [1.54, 1.807) is 24.3 Å². The average molecular weight is 427 g/mol. The standard InChI is InChI=1S/C23H20F3N3O2/c24-23(25,26)21-10-9-18(12-28-21)31-17-8-4-7-16(11-17)29-22(30)20-14-27-13-19(20)15-5-2-1-3-6-15/h1-12,19-20,27H,13-14H2,(H,29,30). The highest BCUT2D eigenvalue weighted by Gasteiger charge is 2.34. The molecule has 1 aromatic heterocycles. The molecule has 1 fully saturated rings. The Kier molecular flexibility index (Phi) is 5.90. The Balaban J connectivity index is 1.43. The van der Waals surface area contributed by atoms with E-state index < -0.39 is 11.9 Å². The van der Waals surface area contributed by atoms with Crippen molar-refractivity contribution in [3.63, 3.8) is 0 Å². The van der Waals surface area contributed by atoms with Crippen molar-refractivity contribution in [2.45, 2.75) is 12.1 Å². The van der Waals surface area contributed by atoms with Gasteiger partial charge in [-0.2, -0.15) is 13.2 Å². The maximum absolute atomic E-state index is 12.9. The molecule has 2 aromatic carbocycles. The fraction of sp³-hybridized carbons (Fsp3) is 0.217. The monoisotopic (exact) mass is 427 g/mol. The van der Waals surface area contributed by atoms with Crippen LogP contribution in [-0.4, -0.2) is 24.0 Å². The zero-order valence-corrected chi connectivity index (χ0v) is 16.4. The third kappa shape index (κ3) is 5.03. The summed E-state index contributed by atoms with van der Waals surface area (Å²) >= 11 is 0. The summed E-state index contributed by atoms with van der Waals surface area (Å²) in [5, 5.41) is 6.19. The molecule has 160 valence electrons. The fourth-order valence-electron chi connectivity index (χ4n) is 3.62. The van der Waals surface area contributed by atoms with E-state index in [-0.39, 0.29) is 23.5 Å². The minimum atomic E-state index is -4.50. The minimum Gasteiger partial charge on any atom is -0.456 e. The zero-order valence-electron chi connectivity index (χ0n) is 16.4. The van der Waals surface area contributed by atoms with Crippen LogP contribution in [0.3, 0.4) is 0 Å². The van der Waals surface area contributed by atoms with Crippen molar-refractivity contribution in [2.24, 2.45) is 5.92 Å². The number of amides is 1. The molecule has 0 spiro atoms. The van der Waals surface area contributed by atoms with Gasteiger partial charge in [-0.05, 0) is 29.8 Å². The van der Waals surface area contributed by atoms with Crippen LogP contribution in [0.15, 0.2) is 72.9 Å². The van der Waals surface area contributed by atoms with Gasteiger partial charge in [-0.15, -0.1) is 0 Å². The highest BCUT2D eigenvalue weighted by Crippen LogP contribution is 2.31. The Hall–Kier alpha value is -3.39. The quantitative estimate of drug-likeness (QED) is 0.612. The first kappa shape index (κ1) is 20.9. The van der Waals surface area contributed by atoms with E-state index in [0.717, 1.165) is 24.4 Å². The van der Waals surface area contributed by atoms with Crippen LogP contribution >= 0.6 is 0 Å². The van der Waals surface area contributed by atoms with Gasteiger partial charge in [-0.1, -0.05) is 36.4 Å². The number of hydrogen-bond donors (Lipinski definition) is 2. The van der Waals surface area contributed by atoms with Gasteiger partial charge in [0.15, 0.2) is 0 Å². The van der Waals surface area contributed by atoms with Gasteiger partial charge >= 0.3 is 6.18 Å². The second-order valence-electron chi connectivity index (χ2n) is 7.28. The molecule has 3 aromatic rings. The van der Waals surface area contributed by atoms with Crippen molar-refractivity contribution in [1.82, 2.24) is 10.3 Å². The van der Waals surface area contributed by atoms with Gasteiger partial charge in [0, 0.05) is 30.8 Å². The molecule has 0 bridgehead atoms. The van der Waals surface area contributed by atoms with E-state index in [2.05, 4.69) is 15.6 Å². The number of carbonyl (C=O) groups is 1.